The standard InChI is InChI=1S/C30H38ClN3O6/c1-3-4-13-24(28(37)34-25(29(38)40-2)17-21-14-15-32-27(21)36)33-26(35)19-30(39,22-10-6-5-7-11-22)18-20-9-8-12-23(31)16-20/h5-12,16,21,24-25,39H,3-4,13-15,17-19H2,1-2H3,(H,32,36)(H,33,35)(H,34,37)/t21-,24-,25-,30?/m0/s1. The number of esters is 1. The van der Waals surface area contributed by atoms with Gasteiger partial charge in [-0.25, -0.2) is 4.79 Å². The molecule has 2 aromatic rings. The number of rotatable bonds is 14. The number of methoxy groups -OCH3 is 1. The minimum atomic E-state index is -1.56. The second-order valence-electron chi connectivity index (χ2n) is 10.2. The molecule has 0 bridgehead atoms. The highest BCUT2D eigenvalue weighted by Gasteiger charge is 2.36. The second kappa shape index (κ2) is 14.8. The van der Waals surface area contributed by atoms with E-state index in [0.29, 0.717) is 36.4 Å². The van der Waals surface area contributed by atoms with Gasteiger partial charge in [0.1, 0.15) is 17.7 Å². The zero-order chi connectivity index (χ0) is 29.1. The molecular formula is C30H38ClN3O6. The summed E-state index contributed by atoms with van der Waals surface area (Å²) in [6.07, 6.45) is 2.26. The average Bonchev–Trinajstić information content (AvgIpc) is 3.34. The zero-order valence-corrected chi connectivity index (χ0v) is 23.7. The lowest BCUT2D eigenvalue weighted by molar-refractivity contribution is -0.146. The third-order valence-electron chi connectivity index (χ3n) is 7.13. The second-order valence-corrected chi connectivity index (χ2v) is 10.7. The molecule has 2 aromatic carbocycles. The summed E-state index contributed by atoms with van der Waals surface area (Å²) in [4.78, 5) is 51.2. The number of carbonyl (C=O) groups excluding carboxylic acids is 4. The van der Waals surface area contributed by atoms with Gasteiger partial charge in [-0.2, -0.15) is 0 Å². The van der Waals surface area contributed by atoms with Crippen molar-refractivity contribution in [2.75, 3.05) is 13.7 Å². The number of ether oxygens (including phenoxy) is 1. The molecule has 0 radical (unpaired) electrons. The third kappa shape index (κ3) is 8.79. The fourth-order valence-corrected chi connectivity index (χ4v) is 5.18. The molecule has 40 heavy (non-hydrogen) atoms. The van der Waals surface area contributed by atoms with Gasteiger partial charge in [0.05, 0.1) is 13.5 Å². The third-order valence-corrected chi connectivity index (χ3v) is 7.37. The van der Waals surface area contributed by atoms with Crippen molar-refractivity contribution < 1.29 is 29.0 Å². The highest BCUT2D eigenvalue weighted by Crippen LogP contribution is 2.30. The van der Waals surface area contributed by atoms with E-state index < -0.39 is 41.4 Å². The van der Waals surface area contributed by atoms with E-state index in [-0.39, 0.29) is 25.2 Å². The van der Waals surface area contributed by atoms with Gasteiger partial charge in [0.2, 0.25) is 17.7 Å². The summed E-state index contributed by atoms with van der Waals surface area (Å²) in [7, 11) is 1.22. The first-order valence-electron chi connectivity index (χ1n) is 13.6. The largest absolute Gasteiger partial charge is 0.467 e. The molecule has 10 heteroatoms. The molecule has 216 valence electrons. The van der Waals surface area contributed by atoms with Crippen molar-refractivity contribution >= 4 is 35.3 Å². The molecule has 4 N–H and O–H groups in total. The van der Waals surface area contributed by atoms with Crippen LogP contribution in [0.4, 0.5) is 0 Å². The average molecular weight is 572 g/mol. The van der Waals surface area contributed by atoms with E-state index in [9.17, 15) is 24.3 Å². The molecule has 1 saturated heterocycles. The SMILES string of the molecule is CCCC[C@H](NC(=O)CC(O)(Cc1cccc(Cl)c1)c1ccccc1)C(=O)N[C@@H](C[C@@H]1CCNC1=O)C(=O)OC. The van der Waals surface area contributed by atoms with Gasteiger partial charge in [0.25, 0.3) is 0 Å². The van der Waals surface area contributed by atoms with Crippen LogP contribution in [0, 0.1) is 5.92 Å². The van der Waals surface area contributed by atoms with Gasteiger partial charge in [-0.15, -0.1) is 0 Å². The van der Waals surface area contributed by atoms with Gasteiger partial charge < -0.3 is 25.8 Å². The lowest BCUT2D eigenvalue weighted by atomic mass is 9.84. The molecule has 1 unspecified atom stereocenters. The predicted octanol–water partition coefficient (Wildman–Crippen LogP) is 3.02. The number of unbranched alkanes of at least 4 members (excludes halogenated alkanes) is 1. The molecule has 0 spiro atoms. The van der Waals surface area contributed by atoms with Gasteiger partial charge in [0, 0.05) is 23.9 Å². The molecule has 1 aliphatic heterocycles. The smallest absolute Gasteiger partial charge is 0.328 e. The fourth-order valence-electron chi connectivity index (χ4n) is 4.97. The highest BCUT2D eigenvalue weighted by atomic mass is 35.5. The monoisotopic (exact) mass is 571 g/mol. The van der Waals surface area contributed by atoms with Crippen molar-refractivity contribution in [3.63, 3.8) is 0 Å². The Hall–Kier alpha value is -3.43. The summed E-state index contributed by atoms with van der Waals surface area (Å²) < 4.78 is 4.87. The maximum Gasteiger partial charge on any atom is 0.328 e. The first kappa shape index (κ1) is 31.1. The quantitative estimate of drug-likeness (QED) is 0.258. The zero-order valence-electron chi connectivity index (χ0n) is 23.0. The number of hydrogen-bond donors (Lipinski definition) is 4. The Balaban J connectivity index is 1.76. The van der Waals surface area contributed by atoms with Crippen LogP contribution in [-0.2, 0) is 35.9 Å². The molecule has 3 rings (SSSR count). The number of amides is 3. The Bertz CT molecular complexity index is 1180. The van der Waals surface area contributed by atoms with Crippen LogP contribution < -0.4 is 16.0 Å². The maximum atomic E-state index is 13.3. The van der Waals surface area contributed by atoms with Crippen molar-refractivity contribution in [3.8, 4) is 0 Å². The number of benzene rings is 2. The molecule has 1 heterocycles. The van der Waals surface area contributed by atoms with E-state index in [0.717, 1.165) is 12.0 Å². The minimum absolute atomic E-state index is 0.103. The van der Waals surface area contributed by atoms with E-state index in [1.54, 1.807) is 42.5 Å². The molecule has 9 nitrogen and oxygen atoms in total. The van der Waals surface area contributed by atoms with Crippen LogP contribution in [-0.4, -0.2) is 54.5 Å². The van der Waals surface area contributed by atoms with Crippen LogP contribution >= 0.6 is 11.6 Å². The Kier molecular flexibility index (Phi) is 11.5. The van der Waals surface area contributed by atoms with E-state index in [4.69, 9.17) is 16.3 Å². The summed E-state index contributed by atoms with van der Waals surface area (Å²) in [6, 6.07) is 14.0. The summed E-state index contributed by atoms with van der Waals surface area (Å²) in [6.45, 7) is 2.48. The number of aliphatic hydroxyl groups is 1. The Morgan fingerprint density at radius 1 is 1.12 bits per heavy atom. The molecule has 3 amide bonds. The van der Waals surface area contributed by atoms with Gasteiger partial charge in [-0.1, -0.05) is 73.8 Å². The van der Waals surface area contributed by atoms with Crippen LogP contribution in [0.2, 0.25) is 5.02 Å². The van der Waals surface area contributed by atoms with E-state index in [2.05, 4.69) is 16.0 Å². The summed E-state index contributed by atoms with van der Waals surface area (Å²) in [5, 5.41) is 20.5. The molecule has 0 saturated carbocycles. The summed E-state index contributed by atoms with van der Waals surface area (Å²) >= 11 is 6.15. The van der Waals surface area contributed by atoms with Gasteiger partial charge in [0.15, 0.2) is 0 Å². The number of hydrogen-bond acceptors (Lipinski definition) is 6. The van der Waals surface area contributed by atoms with Crippen LogP contribution in [0.1, 0.15) is 56.6 Å². The Morgan fingerprint density at radius 2 is 1.88 bits per heavy atom. The van der Waals surface area contributed by atoms with Gasteiger partial charge >= 0.3 is 5.97 Å². The normalized spacial score (nSPS) is 17.7. The van der Waals surface area contributed by atoms with Crippen LogP contribution in [0.25, 0.3) is 0 Å². The first-order chi connectivity index (χ1) is 19.1. The minimum Gasteiger partial charge on any atom is -0.467 e. The van der Waals surface area contributed by atoms with Crippen LogP contribution in [0.5, 0.6) is 0 Å². The van der Waals surface area contributed by atoms with Crippen molar-refractivity contribution in [2.24, 2.45) is 5.92 Å². The molecular weight excluding hydrogens is 534 g/mol. The topological polar surface area (TPSA) is 134 Å². The van der Waals surface area contributed by atoms with Crippen LogP contribution in [0.3, 0.4) is 0 Å². The number of halogens is 1. The molecule has 0 aliphatic carbocycles. The number of carbonyl (C=O) groups is 4. The number of nitrogens with one attached hydrogen (secondary N) is 3. The summed E-state index contributed by atoms with van der Waals surface area (Å²) in [5.41, 5.74) is -0.254. The lowest BCUT2D eigenvalue weighted by Crippen LogP contribution is -2.53. The molecule has 0 aromatic heterocycles. The van der Waals surface area contributed by atoms with Gasteiger partial charge in [-0.05, 0) is 42.5 Å². The Labute approximate surface area is 240 Å². The van der Waals surface area contributed by atoms with E-state index >= 15 is 0 Å². The first-order valence-corrected chi connectivity index (χ1v) is 14.0. The van der Waals surface area contributed by atoms with Crippen molar-refractivity contribution in [1.82, 2.24) is 16.0 Å². The van der Waals surface area contributed by atoms with E-state index in [1.807, 2.05) is 19.1 Å². The fraction of sp³-hybridized carbons (Fsp3) is 0.467. The molecule has 4 atom stereocenters. The van der Waals surface area contributed by atoms with E-state index in [1.165, 1.54) is 7.11 Å². The highest BCUT2D eigenvalue weighted by molar-refractivity contribution is 6.30. The van der Waals surface area contributed by atoms with Crippen molar-refractivity contribution in [1.29, 1.82) is 0 Å². The summed E-state index contributed by atoms with van der Waals surface area (Å²) in [5.74, 6) is -2.31. The maximum absolute atomic E-state index is 13.3. The molecule has 1 aliphatic rings. The van der Waals surface area contributed by atoms with Crippen molar-refractivity contribution in [3.05, 3.63) is 70.7 Å². The predicted molar refractivity (Wildman–Crippen MR) is 151 cm³/mol. The van der Waals surface area contributed by atoms with Crippen molar-refractivity contribution in [2.45, 2.75) is 69.6 Å². The van der Waals surface area contributed by atoms with Gasteiger partial charge in [-0.3, -0.25) is 14.4 Å². The van der Waals surface area contributed by atoms with Crippen LogP contribution in [0.15, 0.2) is 54.6 Å². The molecule has 1 fully saturated rings. The Morgan fingerprint density at radius 3 is 2.50 bits per heavy atom. The lowest BCUT2D eigenvalue weighted by Gasteiger charge is -2.30.